The summed E-state index contributed by atoms with van der Waals surface area (Å²) in [5.74, 6) is 1.28. The number of aryl methyl sites for hydroxylation is 1. The Kier molecular flexibility index (Phi) is 7.03. The average Bonchev–Trinajstić information content (AvgIpc) is 3.32. The van der Waals surface area contributed by atoms with Gasteiger partial charge in [-0.25, -0.2) is 0 Å². The van der Waals surface area contributed by atoms with Gasteiger partial charge in [-0.15, -0.1) is 0 Å². The van der Waals surface area contributed by atoms with Gasteiger partial charge in [0.2, 0.25) is 0 Å². The predicted octanol–water partition coefficient (Wildman–Crippen LogP) is 6.19. The Bertz CT molecular complexity index is 1000. The van der Waals surface area contributed by atoms with E-state index in [4.69, 9.17) is 16.0 Å². The average molecular weight is 428 g/mol. The van der Waals surface area contributed by atoms with E-state index in [9.17, 15) is 4.79 Å². The van der Waals surface area contributed by atoms with Crippen LogP contribution in [0, 0.1) is 13.8 Å². The van der Waals surface area contributed by atoms with Crippen molar-refractivity contribution in [3.8, 4) is 0 Å². The minimum absolute atomic E-state index is 0.0631. The van der Waals surface area contributed by atoms with Gasteiger partial charge in [-0.2, -0.15) is 5.10 Å². The zero-order valence-corrected chi connectivity index (χ0v) is 19.1. The van der Waals surface area contributed by atoms with Crippen molar-refractivity contribution in [2.24, 2.45) is 0 Å². The molecule has 0 saturated heterocycles. The summed E-state index contributed by atoms with van der Waals surface area (Å²) in [6, 6.07) is 12.0. The minimum Gasteiger partial charge on any atom is -0.454 e. The summed E-state index contributed by atoms with van der Waals surface area (Å²) >= 11 is 6.21. The summed E-state index contributed by atoms with van der Waals surface area (Å²) in [5.41, 5.74) is 4.08. The molecule has 2 unspecified atom stereocenters. The van der Waals surface area contributed by atoms with E-state index in [2.05, 4.69) is 55.5 Å². The molecule has 0 aliphatic carbocycles. The quantitative estimate of drug-likeness (QED) is 0.466. The molecule has 160 valence electrons. The number of hydrogen-bond donors (Lipinski definition) is 1. The van der Waals surface area contributed by atoms with Gasteiger partial charge >= 0.3 is 0 Å². The molecule has 3 aromatic rings. The molecular formula is C24H30ClN3O2. The summed E-state index contributed by atoms with van der Waals surface area (Å²) in [4.78, 5) is 12.8. The third kappa shape index (κ3) is 4.78. The number of hydrogen-bond acceptors (Lipinski definition) is 3. The van der Waals surface area contributed by atoms with Gasteiger partial charge in [-0.05, 0) is 55.9 Å². The largest absolute Gasteiger partial charge is 0.454 e. The Morgan fingerprint density at radius 2 is 1.77 bits per heavy atom. The number of nitrogens with zero attached hydrogens (tertiary/aromatic N) is 2. The molecule has 0 aliphatic heterocycles. The number of aromatic nitrogens is 2. The molecule has 0 spiro atoms. The second-order valence-electron chi connectivity index (χ2n) is 7.82. The molecule has 1 N–H and O–H groups in total. The van der Waals surface area contributed by atoms with Crippen LogP contribution < -0.4 is 5.32 Å². The van der Waals surface area contributed by atoms with E-state index in [1.54, 1.807) is 16.8 Å². The van der Waals surface area contributed by atoms with Crippen LogP contribution in [0.15, 0.2) is 40.8 Å². The Morgan fingerprint density at radius 3 is 2.33 bits per heavy atom. The number of halogens is 1. The van der Waals surface area contributed by atoms with Crippen LogP contribution in [0.25, 0.3) is 0 Å². The molecule has 1 aromatic carbocycles. The van der Waals surface area contributed by atoms with Gasteiger partial charge in [0.1, 0.15) is 5.76 Å². The van der Waals surface area contributed by atoms with Crippen molar-refractivity contribution in [3.05, 3.63) is 75.5 Å². The van der Waals surface area contributed by atoms with Crippen LogP contribution in [0.5, 0.6) is 0 Å². The monoisotopic (exact) mass is 427 g/mol. The van der Waals surface area contributed by atoms with Crippen molar-refractivity contribution in [2.45, 2.75) is 66.0 Å². The van der Waals surface area contributed by atoms with Crippen molar-refractivity contribution < 1.29 is 9.21 Å². The third-order valence-corrected chi connectivity index (χ3v) is 6.27. The first kappa shape index (κ1) is 22.2. The zero-order chi connectivity index (χ0) is 21.8. The fourth-order valence-electron chi connectivity index (χ4n) is 3.50. The Hall–Kier alpha value is -2.53. The van der Waals surface area contributed by atoms with Crippen LogP contribution in [0.2, 0.25) is 5.02 Å². The molecule has 2 heterocycles. The van der Waals surface area contributed by atoms with E-state index in [0.717, 1.165) is 29.8 Å². The second kappa shape index (κ2) is 9.52. The number of benzene rings is 1. The molecule has 0 saturated carbocycles. The fourth-order valence-corrected chi connectivity index (χ4v) is 3.64. The number of amides is 1. The third-order valence-electron chi connectivity index (χ3n) is 5.72. The topological polar surface area (TPSA) is 60.1 Å². The highest BCUT2D eigenvalue weighted by Gasteiger charge is 2.18. The summed E-state index contributed by atoms with van der Waals surface area (Å²) < 4.78 is 7.57. The second-order valence-corrected chi connectivity index (χ2v) is 8.20. The summed E-state index contributed by atoms with van der Waals surface area (Å²) in [6.07, 6.45) is 1.91. The van der Waals surface area contributed by atoms with Gasteiger partial charge in [0, 0.05) is 0 Å². The summed E-state index contributed by atoms with van der Waals surface area (Å²) in [6.45, 7) is 10.7. The molecule has 3 rings (SSSR count). The van der Waals surface area contributed by atoms with E-state index in [0.29, 0.717) is 29.0 Å². The molecule has 1 amide bonds. The van der Waals surface area contributed by atoms with Crippen LogP contribution in [0.4, 0.5) is 0 Å². The smallest absolute Gasteiger partial charge is 0.287 e. The van der Waals surface area contributed by atoms with Crippen molar-refractivity contribution in [1.29, 1.82) is 0 Å². The molecule has 6 heteroatoms. The number of carbonyl (C=O) groups excluding carboxylic acids is 1. The normalized spacial score (nSPS) is 13.3. The van der Waals surface area contributed by atoms with Gasteiger partial charge in [0.05, 0.1) is 29.0 Å². The molecule has 30 heavy (non-hydrogen) atoms. The number of carbonyl (C=O) groups is 1. The molecule has 5 nitrogen and oxygen atoms in total. The Labute approximate surface area is 183 Å². The number of furan rings is 1. The highest BCUT2D eigenvalue weighted by atomic mass is 35.5. The molecule has 0 bridgehead atoms. The molecule has 2 atom stereocenters. The lowest BCUT2D eigenvalue weighted by Crippen LogP contribution is -2.27. The molecule has 0 aliphatic rings. The number of rotatable bonds is 8. The lowest BCUT2D eigenvalue weighted by molar-refractivity contribution is 0.0905. The molecule has 0 radical (unpaired) electrons. The van der Waals surface area contributed by atoms with Crippen molar-refractivity contribution in [1.82, 2.24) is 15.1 Å². The fraction of sp³-hybridized carbons (Fsp3) is 0.417. The first-order valence-corrected chi connectivity index (χ1v) is 10.9. The van der Waals surface area contributed by atoms with E-state index < -0.39 is 0 Å². The van der Waals surface area contributed by atoms with Crippen LogP contribution in [-0.4, -0.2) is 15.7 Å². The number of nitrogens with one attached hydrogen (secondary N) is 1. The van der Waals surface area contributed by atoms with Crippen LogP contribution >= 0.6 is 11.6 Å². The van der Waals surface area contributed by atoms with E-state index in [1.807, 2.05) is 13.8 Å². The van der Waals surface area contributed by atoms with E-state index in [1.165, 1.54) is 5.56 Å². The zero-order valence-electron chi connectivity index (χ0n) is 18.3. The maximum atomic E-state index is 12.8. The van der Waals surface area contributed by atoms with Crippen LogP contribution in [-0.2, 0) is 6.54 Å². The van der Waals surface area contributed by atoms with Gasteiger partial charge in [-0.1, -0.05) is 56.6 Å². The molecule has 2 aromatic heterocycles. The first-order chi connectivity index (χ1) is 14.3. The lowest BCUT2D eigenvalue weighted by atomic mass is 9.95. The first-order valence-electron chi connectivity index (χ1n) is 10.5. The lowest BCUT2D eigenvalue weighted by Gasteiger charge is -2.18. The van der Waals surface area contributed by atoms with Crippen molar-refractivity contribution in [3.63, 3.8) is 0 Å². The molecule has 0 fully saturated rings. The van der Waals surface area contributed by atoms with Gasteiger partial charge in [0.15, 0.2) is 5.76 Å². The highest BCUT2D eigenvalue weighted by Crippen LogP contribution is 2.24. The standard InChI is InChI=1S/C24H30ClN3O2/c1-6-15(3)18-8-10-19(11-9-18)21(7-2)26-24(29)22-13-12-20(30-22)14-28-17(5)23(25)16(4)27-28/h8-13,15,21H,6-7,14H2,1-5H3,(H,26,29). The Balaban J connectivity index is 1.68. The van der Waals surface area contributed by atoms with Gasteiger partial charge in [0.25, 0.3) is 5.91 Å². The maximum Gasteiger partial charge on any atom is 0.287 e. The van der Waals surface area contributed by atoms with E-state index >= 15 is 0 Å². The summed E-state index contributed by atoms with van der Waals surface area (Å²) in [7, 11) is 0. The SMILES string of the molecule is CCC(C)c1ccc(C(CC)NC(=O)c2ccc(Cn3nc(C)c(Cl)c3C)o2)cc1. The minimum atomic E-state index is -0.217. The van der Waals surface area contributed by atoms with Crippen LogP contribution in [0.3, 0.4) is 0 Å². The Morgan fingerprint density at radius 1 is 1.10 bits per heavy atom. The van der Waals surface area contributed by atoms with Crippen LogP contribution in [0.1, 0.15) is 84.4 Å². The van der Waals surface area contributed by atoms with Crippen molar-refractivity contribution in [2.75, 3.05) is 0 Å². The van der Waals surface area contributed by atoms with Gasteiger partial charge in [-0.3, -0.25) is 9.48 Å². The summed E-state index contributed by atoms with van der Waals surface area (Å²) in [5, 5.41) is 8.15. The highest BCUT2D eigenvalue weighted by molar-refractivity contribution is 6.31. The predicted molar refractivity (Wildman–Crippen MR) is 120 cm³/mol. The van der Waals surface area contributed by atoms with Crippen molar-refractivity contribution >= 4 is 17.5 Å². The van der Waals surface area contributed by atoms with Gasteiger partial charge < -0.3 is 9.73 Å². The van der Waals surface area contributed by atoms with E-state index in [-0.39, 0.29) is 11.9 Å². The molecular weight excluding hydrogens is 398 g/mol. The maximum absolute atomic E-state index is 12.8.